The van der Waals surface area contributed by atoms with E-state index in [-0.39, 0.29) is 5.91 Å². The third kappa shape index (κ3) is 5.44. The second kappa shape index (κ2) is 8.67. The summed E-state index contributed by atoms with van der Waals surface area (Å²) in [6, 6.07) is 18.0. The van der Waals surface area contributed by atoms with Gasteiger partial charge in [0.1, 0.15) is 12.4 Å². The van der Waals surface area contributed by atoms with Crippen molar-refractivity contribution in [1.82, 2.24) is 5.32 Å². The van der Waals surface area contributed by atoms with Gasteiger partial charge in [-0.05, 0) is 29.7 Å². The SMILES string of the molecule is CNC(=O)CCC=Cc1ccc(OCc2ccccc2)cc1. The number of hydrogen-bond donors (Lipinski definition) is 1. The fraction of sp³-hybridized carbons (Fsp3) is 0.211. The standard InChI is InChI=1S/C19H21NO2/c1-20-19(21)10-6-5-7-16-11-13-18(14-12-16)22-15-17-8-3-2-4-9-17/h2-5,7-9,11-14H,6,10,15H2,1H3,(H,20,21). The number of benzene rings is 2. The van der Waals surface area contributed by atoms with Gasteiger partial charge in [0.15, 0.2) is 0 Å². The third-order valence-electron chi connectivity index (χ3n) is 3.26. The van der Waals surface area contributed by atoms with E-state index < -0.39 is 0 Å². The molecule has 3 nitrogen and oxygen atoms in total. The number of carbonyl (C=O) groups is 1. The highest BCUT2D eigenvalue weighted by molar-refractivity contribution is 5.75. The van der Waals surface area contributed by atoms with Gasteiger partial charge in [-0.15, -0.1) is 0 Å². The molecule has 0 heterocycles. The average molecular weight is 295 g/mol. The Morgan fingerprint density at radius 2 is 1.82 bits per heavy atom. The molecule has 2 aromatic rings. The second-order valence-electron chi connectivity index (χ2n) is 4.96. The molecule has 0 saturated heterocycles. The van der Waals surface area contributed by atoms with E-state index in [1.54, 1.807) is 7.05 Å². The predicted molar refractivity (Wildman–Crippen MR) is 89.6 cm³/mol. The Morgan fingerprint density at radius 3 is 2.50 bits per heavy atom. The van der Waals surface area contributed by atoms with Gasteiger partial charge in [0.2, 0.25) is 5.91 Å². The lowest BCUT2D eigenvalue weighted by atomic mass is 10.1. The van der Waals surface area contributed by atoms with Crippen LogP contribution in [-0.4, -0.2) is 13.0 Å². The lowest BCUT2D eigenvalue weighted by Gasteiger charge is -2.06. The van der Waals surface area contributed by atoms with Crippen LogP contribution in [0.1, 0.15) is 24.0 Å². The van der Waals surface area contributed by atoms with Gasteiger partial charge in [0.05, 0.1) is 0 Å². The topological polar surface area (TPSA) is 38.3 Å². The van der Waals surface area contributed by atoms with Crippen LogP contribution in [0.25, 0.3) is 6.08 Å². The second-order valence-corrected chi connectivity index (χ2v) is 4.96. The molecule has 0 unspecified atom stereocenters. The van der Waals surface area contributed by atoms with Gasteiger partial charge >= 0.3 is 0 Å². The van der Waals surface area contributed by atoms with E-state index in [1.807, 2.05) is 66.7 Å². The van der Waals surface area contributed by atoms with Gasteiger partial charge in [0, 0.05) is 13.5 Å². The molecule has 0 bridgehead atoms. The van der Waals surface area contributed by atoms with Crippen molar-refractivity contribution >= 4 is 12.0 Å². The molecule has 0 radical (unpaired) electrons. The Morgan fingerprint density at radius 1 is 1.09 bits per heavy atom. The first-order valence-electron chi connectivity index (χ1n) is 7.42. The van der Waals surface area contributed by atoms with Crippen molar-refractivity contribution in [1.29, 1.82) is 0 Å². The Balaban J connectivity index is 1.80. The highest BCUT2D eigenvalue weighted by atomic mass is 16.5. The molecule has 0 aliphatic carbocycles. The maximum Gasteiger partial charge on any atom is 0.220 e. The minimum Gasteiger partial charge on any atom is -0.489 e. The zero-order valence-corrected chi connectivity index (χ0v) is 12.8. The Kier molecular flexibility index (Phi) is 6.24. The first kappa shape index (κ1) is 15.8. The summed E-state index contributed by atoms with van der Waals surface area (Å²) in [4.78, 5) is 11.1. The van der Waals surface area contributed by atoms with Gasteiger partial charge in [-0.3, -0.25) is 4.79 Å². The highest BCUT2D eigenvalue weighted by Crippen LogP contribution is 2.15. The maximum atomic E-state index is 11.1. The maximum absolute atomic E-state index is 11.1. The number of hydrogen-bond acceptors (Lipinski definition) is 2. The summed E-state index contributed by atoms with van der Waals surface area (Å²) in [5, 5.41) is 2.61. The molecule has 1 amide bonds. The number of rotatable bonds is 7. The summed E-state index contributed by atoms with van der Waals surface area (Å²) in [6.45, 7) is 0.572. The van der Waals surface area contributed by atoms with Gasteiger partial charge in [-0.25, -0.2) is 0 Å². The van der Waals surface area contributed by atoms with Crippen LogP contribution in [0.4, 0.5) is 0 Å². The van der Waals surface area contributed by atoms with Gasteiger partial charge in [-0.2, -0.15) is 0 Å². The molecular formula is C19H21NO2. The Bertz CT molecular complexity index is 603. The summed E-state index contributed by atoms with van der Waals surface area (Å²) >= 11 is 0. The molecule has 0 spiro atoms. The largest absolute Gasteiger partial charge is 0.489 e. The molecule has 0 aliphatic rings. The summed E-state index contributed by atoms with van der Waals surface area (Å²) in [6.07, 6.45) is 5.29. The van der Waals surface area contributed by atoms with E-state index in [9.17, 15) is 4.79 Å². The number of ether oxygens (including phenoxy) is 1. The smallest absolute Gasteiger partial charge is 0.220 e. The van der Waals surface area contributed by atoms with E-state index in [0.717, 1.165) is 23.3 Å². The van der Waals surface area contributed by atoms with Crippen LogP contribution in [0.5, 0.6) is 5.75 Å². The Hall–Kier alpha value is -2.55. The van der Waals surface area contributed by atoms with Crippen molar-refractivity contribution in [3.8, 4) is 5.75 Å². The number of carbonyl (C=O) groups excluding carboxylic acids is 1. The van der Waals surface area contributed by atoms with Crippen molar-refractivity contribution in [2.45, 2.75) is 19.4 Å². The van der Waals surface area contributed by atoms with Crippen LogP contribution >= 0.6 is 0 Å². The van der Waals surface area contributed by atoms with E-state index in [2.05, 4.69) is 5.32 Å². The highest BCUT2D eigenvalue weighted by Gasteiger charge is 1.96. The fourth-order valence-corrected chi connectivity index (χ4v) is 1.97. The molecule has 114 valence electrons. The van der Waals surface area contributed by atoms with Crippen molar-refractivity contribution in [2.75, 3.05) is 7.05 Å². The van der Waals surface area contributed by atoms with Crippen molar-refractivity contribution in [2.24, 2.45) is 0 Å². The van der Waals surface area contributed by atoms with Crippen molar-refractivity contribution in [3.63, 3.8) is 0 Å². The number of nitrogens with one attached hydrogen (secondary N) is 1. The van der Waals surface area contributed by atoms with Crippen LogP contribution in [-0.2, 0) is 11.4 Å². The molecule has 22 heavy (non-hydrogen) atoms. The summed E-state index contributed by atoms with van der Waals surface area (Å²) < 4.78 is 5.74. The van der Waals surface area contributed by atoms with E-state index >= 15 is 0 Å². The van der Waals surface area contributed by atoms with Crippen LogP contribution in [0.2, 0.25) is 0 Å². The molecule has 0 aliphatic heterocycles. The first-order valence-corrected chi connectivity index (χ1v) is 7.42. The molecule has 0 atom stereocenters. The van der Waals surface area contributed by atoms with Crippen LogP contribution in [0, 0.1) is 0 Å². The average Bonchev–Trinajstić information content (AvgIpc) is 2.58. The summed E-state index contributed by atoms with van der Waals surface area (Å²) in [5.74, 6) is 0.917. The minimum absolute atomic E-state index is 0.0642. The molecule has 0 fully saturated rings. The molecule has 2 aromatic carbocycles. The zero-order valence-electron chi connectivity index (χ0n) is 12.8. The quantitative estimate of drug-likeness (QED) is 0.843. The van der Waals surface area contributed by atoms with Gasteiger partial charge in [0.25, 0.3) is 0 Å². The van der Waals surface area contributed by atoms with E-state index in [4.69, 9.17) is 4.74 Å². The lowest BCUT2D eigenvalue weighted by molar-refractivity contribution is -0.120. The number of amides is 1. The lowest BCUT2D eigenvalue weighted by Crippen LogP contribution is -2.16. The van der Waals surface area contributed by atoms with Crippen LogP contribution in [0.3, 0.4) is 0 Å². The van der Waals surface area contributed by atoms with E-state index in [1.165, 1.54) is 0 Å². The van der Waals surface area contributed by atoms with Crippen molar-refractivity contribution < 1.29 is 9.53 Å². The molecule has 3 heteroatoms. The molecule has 0 aromatic heterocycles. The zero-order chi connectivity index (χ0) is 15.6. The summed E-state index contributed by atoms with van der Waals surface area (Å²) in [5.41, 5.74) is 2.25. The molecule has 1 N–H and O–H groups in total. The predicted octanol–water partition coefficient (Wildman–Crippen LogP) is 3.81. The fourth-order valence-electron chi connectivity index (χ4n) is 1.97. The van der Waals surface area contributed by atoms with Gasteiger partial charge in [-0.1, -0.05) is 54.6 Å². The molecule has 2 rings (SSSR count). The number of allylic oxidation sites excluding steroid dienone is 1. The monoisotopic (exact) mass is 295 g/mol. The Labute approximate surface area is 131 Å². The minimum atomic E-state index is 0.0642. The molecule has 0 saturated carbocycles. The summed E-state index contributed by atoms with van der Waals surface area (Å²) in [7, 11) is 1.65. The molecular weight excluding hydrogens is 274 g/mol. The van der Waals surface area contributed by atoms with E-state index in [0.29, 0.717) is 13.0 Å². The normalized spacial score (nSPS) is 10.6. The van der Waals surface area contributed by atoms with Crippen molar-refractivity contribution in [3.05, 3.63) is 71.8 Å². The van der Waals surface area contributed by atoms with Crippen LogP contribution in [0.15, 0.2) is 60.7 Å². The first-order chi connectivity index (χ1) is 10.8. The van der Waals surface area contributed by atoms with Crippen LogP contribution < -0.4 is 10.1 Å². The van der Waals surface area contributed by atoms with Gasteiger partial charge < -0.3 is 10.1 Å². The third-order valence-corrected chi connectivity index (χ3v) is 3.26.